The van der Waals surface area contributed by atoms with Crippen LogP contribution in [0.2, 0.25) is 0 Å². The molecule has 0 bridgehead atoms. The van der Waals surface area contributed by atoms with Gasteiger partial charge in [0.25, 0.3) is 0 Å². The molecule has 0 radical (unpaired) electrons. The fourth-order valence-electron chi connectivity index (χ4n) is 1.47. The molecule has 0 saturated heterocycles. The highest BCUT2D eigenvalue weighted by Gasteiger charge is 2.27. The van der Waals surface area contributed by atoms with Gasteiger partial charge in [-0.1, -0.05) is 6.58 Å². The Morgan fingerprint density at radius 3 is 2.71 bits per heavy atom. The van der Waals surface area contributed by atoms with E-state index in [9.17, 15) is 4.55 Å². The first-order chi connectivity index (χ1) is 8.08. The lowest BCUT2D eigenvalue weighted by molar-refractivity contribution is 0.454. The highest BCUT2D eigenvalue weighted by molar-refractivity contribution is 8.05. The fraction of sp³-hybridized carbons (Fsp3) is 0.636. The van der Waals surface area contributed by atoms with Crippen LogP contribution in [0, 0.1) is 0 Å². The van der Waals surface area contributed by atoms with E-state index in [4.69, 9.17) is 0 Å². The van der Waals surface area contributed by atoms with E-state index in [1.165, 1.54) is 12.8 Å². The molecule has 17 heavy (non-hydrogen) atoms. The van der Waals surface area contributed by atoms with Crippen molar-refractivity contribution in [2.24, 2.45) is 9.98 Å². The number of amidine groups is 1. The Balaban J connectivity index is 2.57. The van der Waals surface area contributed by atoms with Gasteiger partial charge in [-0.25, -0.2) is 0 Å². The molecular weight excluding hydrogens is 236 g/mol. The molecule has 96 valence electrons. The summed E-state index contributed by atoms with van der Waals surface area (Å²) in [4.78, 5) is 10.4. The molecule has 1 aliphatic rings. The largest absolute Gasteiger partial charge is 0.609 e. The minimum Gasteiger partial charge on any atom is -0.609 e. The highest BCUT2D eigenvalue weighted by atomic mass is 32.2. The van der Waals surface area contributed by atoms with Crippen LogP contribution in [0.25, 0.3) is 0 Å². The molecule has 0 spiro atoms. The van der Waals surface area contributed by atoms with Gasteiger partial charge in [-0.2, -0.15) is 4.99 Å². The summed E-state index contributed by atoms with van der Waals surface area (Å²) in [6, 6.07) is 0.566. The minimum atomic E-state index is -1.11. The van der Waals surface area contributed by atoms with Crippen molar-refractivity contribution in [3.05, 3.63) is 12.3 Å². The first-order valence-corrected chi connectivity index (χ1v) is 7.10. The summed E-state index contributed by atoms with van der Waals surface area (Å²) in [5.41, 5.74) is 0.691. The zero-order valence-electron chi connectivity index (χ0n) is 10.6. The minimum absolute atomic E-state index is 0.458. The molecule has 1 rings (SSSR count). The van der Waals surface area contributed by atoms with Crippen LogP contribution in [-0.4, -0.2) is 53.9 Å². The molecule has 0 heterocycles. The van der Waals surface area contributed by atoms with Gasteiger partial charge < -0.3 is 14.8 Å². The van der Waals surface area contributed by atoms with E-state index in [1.54, 1.807) is 20.4 Å². The van der Waals surface area contributed by atoms with Crippen LogP contribution in [0.3, 0.4) is 0 Å². The quantitative estimate of drug-likeness (QED) is 0.444. The van der Waals surface area contributed by atoms with Crippen LogP contribution in [0.4, 0.5) is 0 Å². The van der Waals surface area contributed by atoms with Crippen molar-refractivity contribution in [1.29, 1.82) is 0 Å². The smallest absolute Gasteiger partial charge is 0.316 e. The van der Waals surface area contributed by atoms with Gasteiger partial charge in [0, 0.05) is 31.3 Å². The first kappa shape index (κ1) is 14.1. The average molecular weight is 256 g/mol. The third kappa shape index (κ3) is 4.79. The number of hydrogen-bond donors (Lipinski definition) is 1. The monoisotopic (exact) mass is 256 g/mol. The lowest BCUT2D eigenvalue weighted by atomic mass is 10.4. The number of nitrogens with one attached hydrogen (secondary N) is 1. The van der Waals surface area contributed by atoms with E-state index < -0.39 is 11.2 Å². The van der Waals surface area contributed by atoms with Crippen LogP contribution < -0.4 is 5.32 Å². The Morgan fingerprint density at radius 2 is 2.29 bits per heavy atom. The van der Waals surface area contributed by atoms with E-state index in [2.05, 4.69) is 26.8 Å². The molecule has 0 aliphatic heterocycles. The molecule has 0 aromatic heterocycles. The Bertz CT molecular complexity index is 323. The van der Waals surface area contributed by atoms with Crippen molar-refractivity contribution < 1.29 is 4.55 Å². The van der Waals surface area contributed by atoms with Gasteiger partial charge in [0.15, 0.2) is 0 Å². The molecule has 1 N–H and O–H groups in total. The van der Waals surface area contributed by atoms with Gasteiger partial charge in [0.1, 0.15) is 6.26 Å². The van der Waals surface area contributed by atoms with E-state index >= 15 is 0 Å². The maximum Gasteiger partial charge on any atom is 0.316 e. The molecule has 1 saturated carbocycles. The molecule has 0 amide bonds. The molecule has 1 atom stereocenters. The fourth-order valence-corrected chi connectivity index (χ4v) is 2.02. The molecule has 0 aromatic carbocycles. The van der Waals surface area contributed by atoms with Gasteiger partial charge in [-0.15, -0.1) is 0 Å². The van der Waals surface area contributed by atoms with Gasteiger partial charge in [-0.05, 0) is 12.8 Å². The predicted octanol–water partition coefficient (Wildman–Crippen LogP) is 0.577. The van der Waals surface area contributed by atoms with Crippen molar-refractivity contribution in [3.8, 4) is 0 Å². The third-order valence-electron chi connectivity index (χ3n) is 2.39. The normalized spacial score (nSPS) is 18.2. The van der Waals surface area contributed by atoms with Crippen LogP contribution in [0.1, 0.15) is 12.8 Å². The molecule has 5 nitrogen and oxygen atoms in total. The van der Waals surface area contributed by atoms with Crippen LogP contribution in [0.5, 0.6) is 0 Å². The van der Waals surface area contributed by atoms with Gasteiger partial charge in [0.05, 0.1) is 18.6 Å². The maximum absolute atomic E-state index is 11.3. The topological polar surface area (TPSA) is 63.0 Å². The number of nitrogens with zero attached hydrogens (tertiary/aromatic N) is 3. The maximum atomic E-state index is 11.3. The second kappa shape index (κ2) is 6.66. The van der Waals surface area contributed by atoms with Crippen molar-refractivity contribution >= 4 is 22.7 Å². The summed E-state index contributed by atoms with van der Waals surface area (Å²) in [6.07, 6.45) is 5.80. The summed E-state index contributed by atoms with van der Waals surface area (Å²) < 4.78 is 11.3. The summed E-state index contributed by atoms with van der Waals surface area (Å²) in [7, 11) is 3.46. The van der Waals surface area contributed by atoms with E-state index in [1.807, 2.05) is 6.34 Å². The number of hydrogen-bond acceptors (Lipinski definition) is 3. The lowest BCUT2D eigenvalue weighted by Crippen LogP contribution is -2.30. The van der Waals surface area contributed by atoms with E-state index in [0.717, 1.165) is 0 Å². The van der Waals surface area contributed by atoms with Crippen molar-refractivity contribution in [2.45, 2.75) is 18.9 Å². The van der Waals surface area contributed by atoms with Crippen molar-refractivity contribution in [3.63, 3.8) is 0 Å². The van der Waals surface area contributed by atoms with Crippen molar-refractivity contribution in [1.82, 2.24) is 10.2 Å². The molecule has 1 unspecified atom stereocenters. The second-order valence-electron chi connectivity index (χ2n) is 3.96. The number of rotatable bonds is 5. The second-order valence-corrected chi connectivity index (χ2v) is 5.26. The average Bonchev–Trinajstić information content (AvgIpc) is 3.08. The van der Waals surface area contributed by atoms with Gasteiger partial charge >= 0.3 is 5.17 Å². The van der Waals surface area contributed by atoms with Gasteiger partial charge in [-0.3, -0.25) is 4.99 Å². The number of aliphatic imine (C=N–C) groups is 2. The molecule has 1 fully saturated rings. The summed E-state index contributed by atoms with van der Waals surface area (Å²) >= 11 is -1.11. The standard InChI is InChI=1S/C11H20N4OS/c1-9(14-11(13-3)17(4)16)7-15(8-12-2)10-5-6-10/h8,10H,1,5-7H2,2-4H3,(H,13,14)/b12-8-. The molecule has 0 aromatic rings. The van der Waals surface area contributed by atoms with Crippen molar-refractivity contribution in [2.75, 3.05) is 26.9 Å². The Kier molecular flexibility index (Phi) is 5.50. The van der Waals surface area contributed by atoms with E-state index in [-0.39, 0.29) is 0 Å². The molecule has 1 aliphatic carbocycles. The Morgan fingerprint density at radius 1 is 1.65 bits per heavy atom. The lowest BCUT2D eigenvalue weighted by Gasteiger charge is -2.18. The van der Waals surface area contributed by atoms with E-state index in [0.29, 0.717) is 23.5 Å². The predicted molar refractivity (Wildman–Crippen MR) is 73.8 cm³/mol. The third-order valence-corrected chi connectivity index (χ3v) is 3.23. The SMILES string of the molecule is C=C(CN(/C=N\C)C1CC1)/N=C(\NC)[S+](C)[O-]. The summed E-state index contributed by atoms with van der Waals surface area (Å²) in [6.45, 7) is 4.52. The Hall–Kier alpha value is -1.01. The van der Waals surface area contributed by atoms with Crippen LogP contribution in [-0.2, 0) is 11.2 Å². The first-order valence-electron chi connectivity index (χ1n) is 5.54. The zero-order valence-corrected chi connectivity index (χ0v) is 11.5. The van der Waals surface area contributed by atoms with Crippen LogP contribution in [0.15, 0.2) is 22.3 Å². The zero-order chi connectivity index (χ0) is 12.8. The molecule has 6 heteroatoms. The highest BCUT2D eigenvalue weighted by Crippen LogP contribution is 2.26. The van der Waals surface area contributed by atoms with Gasteiger partial charge in [0.2, 0.25) is 0 Å². The van der Waals surface area contributed by atoms with Crippen LogP contribution >= 0.6 is 0 Å². The molecular formula is C11H20N4OS. The summed E-state index contributed by atoms with van der Waals surface area (Å²) in [5, 5.41) is 3.28. The Labute approximate surface area is 106 Å². The summed E-state index contributed by atoms with van der Waals surface area (Å²) in [5.74, 6) is 0.